The molecule has 0 saturated heterocycles. The molecule has 2 aliphatic rings. The van der Waals surface area contributed by atoms with Crippen molar-refractivity contribution < 1.29 is 28.5 Å². The summed E-state index contributed by atoms with van der Waals surface area (Å²) in [5.74, 6) is 3.47. The molecule has 3 aromatic rings. The van der Waals surface area contributed by atoms with Gasteiger partial charge in [-0.05, 0) is 0 Å². The van der Waals surface area contributed by atoms with Gasteiger partial charge >= 0.3 is 247 Å². The van der Waals surface area contributed by atoms with E-state index in [1.54, 1.807) is 0 Å². The maximum absolute atomic E-state index is 8.05. The molecule has 0 unspecified atom stereocenters. The molecule has 0 saturated carbocycles. The third-order valence-electron chi connectivity index (χ3n) is 10.2. The summed E-state index contributed by atoms with van der Waals surface area (Å²) in [6.45, 7) is 15.7. The van der Waals surface area contributed by atoms with E-state index in [4.69, 9.17) is 10.4 Å². The second-order valence-corrected chi connectivity index (χ2v) is 31.3. The Bertz CT molecular complexity index is 1550. The number of allylic oxidation sites excluding steroid dienone is 7. The summed E-state index contributed by atoms with van der Waals surface area (Å²) in [6, 6.07) is 25.0. The number of para-hydroxylation sites is 3. The van der Waals surface area contributed by atoms with Gasteiger partial charge in [-0.1, -0.05) is 0 Å². The van der Waals surface area contributed by atoms with Crippen LogP contribution in [-0.4, -0.2) is 0 Å². The van der Waals surface area contributed by atoms with Crippen LogP contribution in [0.25, 0.3) is 0 Å². The zero-order valence-corrected chi connectivity index (χ0v) is 30.5. The molecule has 0 aromatic heterocycles. The van der Waals surface area contributed by atoms with Crippen LogP contribution in [0.5, 0.6) is 17.2 Å². The van der Waals surface area contributed by atoms with E-state index < -0.39 is 18.2 Å². The molecule has 0 fully saturated rings. The Morgan fingerprint density at radius 1 is 0.605 bits per heavy atom. The first-order chi connectivity index (χ1) is 19.6. The average molecular weight is 701 g/mol. The van der Waals surface area contributed by atoms with Crippen molar-refractivity contribution in [1.82, 2.24) is 0 Å². The minimum absolute atomic E-state index is 0. The zero-order valence-electron chi connectivity index (χ0n) is 26.4. The van der Waals surface area contributed by atoms with Crippen LogP contribution in [0.2, 0.25) is 7.25 Å². The second kappa shape index (κ2) is 12.8. The first-order valence-corrected chi connectivity index (χ1v) is 22.2. The van der Waals surface area contributed by atoms with E-state index in [1.807, 2.05) is 18.2 Å². The molecule has 230 valence electrons. The SMILES string of the molecule is Cc1ccccc1OC1=[C]([Zr]([O]c2ccccc2C)([O]c2ccccc2C)([C]2=CC=CC2)([CH](C)C)[CH](C)C)CC=C1.Cl.Cl. The van der Waals surface area contributed by atoms with E-state index in [0.717, 1.165) is 46.1 Å². The van der Waals surface area contributed by atoms with Crippen LogP contribution in [0.4, 0.5) is 0 Å². The van der Waals surface area contributed by atoms with E-state index in [-0.39, 0.29) is 32.1 Å². The van der Waals surface area contributed by atoms with Crippen molar-refractivity contribution in [3.63, 3.8) is 0 Å². The summed E-state index contributed by atoms with van der Waals surface area (Å²) in [6.07, 6.45) is 12.6. The van der Waals surface area contributed by atoms with Crippen molar-refractivity contribution in [3.8, 4) is 17.2 Å². The normalized spacial score (nSPS) is 15.9. The standard InChI is InChI=1S/C12H11O.2C7H8O.C5H5.2C3H7.2ClH.Zr/c1-10-6-2-5-9-12(10)13-11-7-3-4-8-11;2*1-6-4-2-3-5-7(6)8;1-2-4-5-3-1;2*1-3-2;;;/h2-3,5-7,9H,4H2,1H3;2*2-5,8H,1H3;1-3H,4H2;2*3H,1-2H3;2*1H;/q;;;;;;;;+2/p-2. The number of hydrogen-bond acceptors (Lipinski definition) is 3. The van der Waals surface area contributed by atoms with E-state index in [1.165, 1.54) is 6.56 Å². The number of rotatable bonds is 10. The van der Waals surface area contributed by atoms with Gasteiger partial charge in [0, 0.05) is 0 Å². The van der Waals surface area contributed by atoms with Crippen LogP contribution in [-0.2, 0) is 18.2 Å². The third-order valence-corrected chi connectivity index (χ3v) is 37.0. The molecule has 2 aliphatic carbocycles. The average Bonchev–Trinajstić information content (AvgIpc) is 3.66. The summed E-state index contributed by atoms with van der Waals surface area (Å²) in [5.41, 5.74) is 3.29. The molecular weight excluding hydrogens is 655 g/mol. The van der Waals surface area contributed by atoms with Gasteiger partial charge in [-0.3, -0.25) is 0 Å². The van der Waals surface area contributed by atoms with Crippen molar-refractivity contribution in [1.29, 1.82) is 0 Å². The predicted molar refractivity (Wildman–Crippen MR) is 183 cm³/mol. The maximum atomic E-state index is 8.05. The largest absolute Gasteiger partial charge is 0.147 e. The summed E-state index contributed by atoms with van der Waals surface area (Å²) in [7, 11) is 0. The molecule has 0 amide bonds. The quantitative estimate of drug-likeness (QED) is 0.211. The molecule has 0 atom stereocenters. The molecule has 0 bridgehead atoms. The van der Waals surface area contributed by atoms with Crippen molar-refractivity contribution >= 4 is 24.8 Å². The molecule has 3 aromatic carbocycles. The van der Waals surface area contributed by atoms with Crippen molar-refractivity contribution in [2.75, 3.05) is 0 Å². The maximum Gasteiger partial charge on any atom is -0.147 e. The van der Waals surface area contributed by atoms with Gasteiger partial charge in [-0.15, -0.1) is 24.8 Å². The molecule has 0 aliphatic heterocycles. The number of halogens is 2. The Labute approximate surface area is 269 Å². The minimum Gasteiger partial charge on any atom is -0.147 e. The third kappa shape index (κ3) is 4.99. The van der Waals surface area contributed by atoms with Crippen molar-refractivity contribution in [2.45, 2.75) is 68.6 Å². The number of aryl methyl sites for hydroxylation is 3. The van der Waals surface area contributed by atoms with E-state index in [2.05, 4.69) is 133 Å². The molecule has 6 heteroatoms. The Morgan fingerprint density at radius 2 is 1.07 bits per heavy atom. The predicted octanol–water partition coefficient (Wildman–Crippen LogP) is 11.7. The Balaban J connectivity index is 0.00000253. The van der Waals surface area contributed by atoms with Crippen LogP contribution >= 0.6 is 24.8 Å². The molecular formula is C37H46Cl2O3Zr. The molecule has 0 radical (unpaired) electrons. The van der Waals surface area contributed by atoms with Crippen LogP contribution < -0.4 is 10.4 Å². The fourth-order valence-electron chi connectivity index (χ4n) is 7.78. The monoisotopic (exact) mass is 698 g/mol. The van der Waals surface area contributed by atoms with Gasteiger partial charge in [0.25, 0.3) is 0 Å². The number of benzene rings is 3. The summed E-state index contributed by atoms with van der Waals surface area (Å²) in [5, 5.41) is 0. The molecule has 0 spiro atoms. The smallest absolute Gasteiger partial charge is 0.147 e. The number of ether oxygens (including phenoxy) is 1. The Morgan fingerprint density at radius 3 is 1.49 bits per heavy atom. The zero-order chi connectivity index (χ0) is 29.3. The van der Waals surface area contributed by atoms with E-state index in [9.17, 15) is 0 Å². The summed E-state index contributed by atoms with van der Waals surface area (Å²) in [4.78, 5) is 0. The summed E-state index contributed by atoms with van der Waals surface area (Å²) < 4.78 is 25.5. The Hall–Kier alpha value is -2.52. The van der Waals surface area contributed by atoms with Crippen LogP contribution in [0.3, 0.4) is 0 Å². The molecule has 0 heterocycles. The second-order valence-electron chi connectivity index (χ2n) is 12.5. The van der Waals surface area contributed by atoms with Crippen molar-refractivity contribution in [3.05, 3.63) is 132 Å². The first kappa shape index (κ1) is 35.0. The molecule has 5 rings (SSSR count). The van der Waals surface area contributed by atoms with Crippen LogP contribution in [0.1, 0.15) is 57.2 Å². The van der Waals surface area contributed by atoms with Gasteiger partial charge in [0.1, 0.15) is 0 Å². The molecule has 43 heavy (non-hydrogen) atoms. The van der Waals surface area contributed by atoms with Gasteiger partial charge in [-0.25, -0.2) is 0 Å². The van der Waals surface area contributed by atoms with Gasteiger partial charge < -0.3 is 0 Å². The summed E-state index contributed by atoms with van der Waals surface area (Å²) >= 11 is -6.07. The molecule has 3 nitrogen and oxygen atoms in total. The number of hydrogen-bond donors (Lipinski definition) is 0. The fourth-order valence-corrected chi connectivity index (χ4v) is 32.8. The van der Waals surface area contributed by atoms with Gasteiger partial charge in [0.15, 0.2) is 0 Å². The van der Waals surface area contributed by atoms with Crippen LogP contribution in [0, 0.1) is 20.8 Å². The topological polar surface area (TPSA) is 27.7 Å². The first-order valence-electron chi connectivity index (χ1n) is 14.9. The van der Waals surface area contributed by atoms with Gasteiger partial charge in [-0.2, -0.15) is 0 Å². The minimum atomic E-state index is -6.07. The fraction of sp³-hybridized carbons (Fsp3) is 0.297. The van der Waals surface area contributed by atoms with E-state index in [0.29, 0.717) is 6.42 Å². The molecule has 0 N–H and O–H groups in total. The van der Waals surface area contributed by atoms with E-state index >= 15 is 0 Å². The van der Waals surface area contributed by atoms with Gasteiger partial charge in [0.05, 0.1) is 0 Å². The Kier molecular flexibility index (Phi) is 10.4. The van der Waals surface area contributed by atoms with Crippen LogP contribution in [0.15, 0.2) is 115 Å². The van der Waals surface area contributed by atoms with Crippen molar-refractivity contribution in [2.24, 2.45) is 0 Å². The van der Waals surface area contributed by atoms with Gasteiger partial charge in [0.2, 0.25) is 0 Å².